The highest BCUT2D eigenvalue weighted by molar-refractivity contribution is 9.10. The summed E-state index contributed by atoms with van der Waals surface area (Å²) in [6.45, 7) is 3.67. The minimum atomic E-state index is -0.700. The minimum Gasteiger partial charge on any atom is -0.489 e. The van der Waals surface area contributed by atoms with Crippen LogP contribution in [-0.2, 0) is 4.74 Å². The Morgan fingerprint density at radius 1 is 1.12 bits per heavy atom. The molecule has 0 amide bonds. The molecule has 2 unspecified atom stereocenters. The van der Waals surface area contributed by atoms with Gasteiger partial charge in [-0.15, -0.1) is 0 Å². The maximum Gasteiger partial charge on any atom is 0.343 e. The number of aliphatic hydroxyl groups is 2. The molecule has 0 bridgehead atoms. The van der Waals surface area contributed by atoms with Gasteiger partial charge in [0.2, 0.25) is 0 Å². The third-order valence-electron chi connectivity index (χ3n) is 3.93. The van der Waals surface area contributed by atoms with Gasteiger partial charge in [0.05, 0.1) is 12.2 Å². The van der Waals surface area contributed by atoms with Crippen molar-refractivity contribution in [3.8, 4) is 5.75 Å². The standard InChI is InChI=1S/C19H23BrO5/c1-3-13(21)10-24-18-15-8-6-5-7-12(15)9-16(20)17(18)19(23)25-11-14(22)4-2/h5-9,13-14,21-22H,3-4,10-11H2,1-2H3. The minimum absolute atomic E-state index is 0.0778. The van der Waals surface area contributed by atoms with Crippen molar-refractivity contribution in [3.05, 3.63) is 40.4 Å². The van der Waals surface area contributed by atoms with Crippen LogP contribution in [0, 0.1) is 0 Å². The number of ether oxygens (including phenoxy) is 2. The van der Waals surface area contributed by atoms with Gasteiger partial charge in [-0.3, -0.25) is 0 Å². The van der Waals surface area contributed by atoms with Crippen LogP contribution in [0.5, 0.6) is 5.75 Å². The van der Waals surface area contributed by atoms with Crippen molar-refractivity contribution < 1.29 is 24.5 Å². The average molecular weight is 411 g/mol. The zero-order valence-corrected chi connectivity index (χ0v) is 16.0. The summed E-state index contributed by atoms with van der Waals surface area (Å²) in [6, 6.07) is 9.35. The SMILES string of the molecule is CCC(O)COC(=O)c1c(Br)cc2ccccc2c1OCC(O)CC. The maximum absolute atomic E-state index is 12.6. The molecule has 0 aliphatic rings. The first-order valence-electron chi connectivity index (χ1n) is 8.35. The van der Waals surface area contributed by atoms with Gasteiger partial charge in [0, 0.05) is 9.86 Å². The molecule has 2 aromatic rings. The first-order chi connectivity index (χ1) is 12.0. The molecule has 0 spiro atoms. The Morgan fingerprint density at radius 3 is 2.44 bits per heavy atom. The lowest BCUT2D eigenvalue weighted by Crippen LogP contribution is -2.20. The van der Waals surface area contributed by atoms with E-state index in [4.69, 9.17) is 9.47 Å². The van der Waals surface area contributed by atoms with E-state index in [-0.39, 0.29) is 18.8 Å². The number of aliphatic hydroxyl groups excluding tert-OH is 2. The van der Waals surface area contributed by atoms with E-state index >= 15 is 0 Å². The van der Waals surface area contributed by atoms with Gasteiger partial charge < -0.3 is 19.7 Å². The van der Waals surface area contributed by atoms with Gasteiger partial charge >= 0.3 is 5.97 Å². The second kappa shape index (κ2) is 9.17. The van der Waals surface area contributed by atoms with Crippen LogP contribution in [0.4, 0.5) is 0 Å². The molecule has 2 atom stereocenters. The van der Waals surface area contributed by atoms with Crippen molar-refractivity contribution in [1.82, 2.24) is 0 Å². The smallest absolute Gasteiger partial charge is 0.343 e. The van der Waals surface area contributed by atoms with Gasteiger partial charge in [0.25, 0.3) is 0 Å². The summed E-state index contributed by atoms with van der Waals surface area (Å²) in [6.07, 6.45) is -0.273. The number of fused-ring (bicyclic) bond motifs is 1. The highest BCUT2D eigenvalue weighted by Crippen LogP contribution is 2.36. The van der Waals surface area contributed by atoms with E-state index < -0.39 is 18.2 Å². The fourth-order valence-electron chi connectivity index (χ4n) is 2.28. The van der Waals surface area contributed by atoms with Crippen molar-refractivity contribution in [3.63, 3.8) is 0 Å². The lowest BCUT2D eigenvalue weighted by molar-refractivity contribution is 0.0243. The predicted octanol–water partition coefficient (Wildman–Crippen LogP) is 3.68. The summed E-state index contributed by atoms with van der Waals surface area (Å²) < 4.78 is 11.6. The molecule has 2 N–H and O–H groups in total. The van der Waals surface area contributed by atoms with E-state index in [9.17, 15) is 15.0 Å². The molecule has 0 radical (unpaired) electrons. The largest absolute Gasteiger partial charge is 0.489 e. The first-order valence-corrected chi connectivity index (χ1v) is 9.14. The number of halogens is 1. The Labute approximate surface area is 155 Å². The number of benzene rings is 2. The zero-order valence-electron chi connectivity index (χ0n) is 14.4. The summed E-state index contributed by atoms with van der Waals surface area (Å²) in [4.78, 5) is 12.6. The third kappa shape index (κ3) is 4.93. The Kier molecular flexibility index (Phi) is 7.23. The molecule has 136 valence electrons. The molecule has 0 fully saturated rings. The molecule has 0 saturated heterocycles. The number of hydrogen-bond donors (Lipinski definition) is 2. The molecule has 0 aliphatic heterocycles. The molecular weight excluding hydrogens is 388 g/mol. The number of rotatable bonds is 8. The molecule has 0 heterocycles. The average Bonchev–Trinajstić information content (AvgIpc) is 2.62. The monoisotopic (exact) mass is 410 g/mol. The van der Waals surface area contributed by atoms with Crippen LogP contribution in [0.3, 0.4) is 0 Å². The fourth-order valence-corrected chi connectivity index (χ4v) is 2.87. The predicted molar refractivity (Wildman–Crippen MR) is 100 cm³/mol. The molecule has 6 heteroatoms. The van der Waals surface area contributed by atoms with Crippen LogP contribution in [0.1, 0.15) is 37.0 Å². The van der Waals surface area contributed by atoms with Gasteiger partial charge in [-0.05, 0) is 40.2 Å². The molecule has 0 saturated carbocycles. The van der Waals surface area contributed by atoms with Crippen LogP contribution < -0.4 is 4.74 Å². The van der Waals surface area contributed by atoms with Gasteiger partial charge in [-0.2, -0.15) is 0 Å². The highest BCUT2D eigenvalue weighted by Gasteiger charge is 2.22. The molecule has 5 nitrogen and oxygen atoms in total. The van der Waals surface area contributed by atoms with E-state index in [1.807, 2.05) is 44.2 Å². The van der Waals surface area contributed by atoms with Crippen LogP contribution in [0.25, 0.3) is 10.8 Å². The van der Waals surface area contributed by atoms with Crippen molar-refractivity contribution in [2.45, 2.75) is 38.9 Å². The molecule has 2 rings (SSSR count). The van der Waals surface area contributed by atoms with Crippen LogP contribution in [0.2, 0.25) is 0 Å². The van der Waals surface area contributed by atoms with E-state index in [0.29, 0.717) is 23.1 Å². The summed E-state index contributed by atoms with van der Waals surface area (Å²) in [5.74, 6) is -0.209. The number of hydrogen-bond acceptors (Lipinski definition) is 5. The van der Waals surface area contributed by atoms with Gasteiger partial charge in [0.1, 0.15) is 24.5 Å². The second-order valence-corrected chi connectivity index (χ2v) is 6.67. The van der Waals surface area contributed by atoms with Crippen molar-refractivity contribution in [1.29, 1.82) is 0 Å². The van der Waals surface area contributed by atoms with Crippen LogP contribution in [0.15, 0.2) is 34.8 Å². The molecule has 25 heavy (non-hydrogen) atoms. The van der Waals surface area contributed by atoms with Crippen LogP contribution >= 0.6 is 15.9 Å². The van der Waals surface area contributed by atoms with Crippen molar-refractivity contribution >= 4 is 32.7 Å². The van der Waals surface area contributed by atoms with E-state index in [2.05, 4.69) is 15.9 Å². The normalized spacial score (nSPS) is 13.5. The topological polar surface area (TPSA) is 76.0 Å². The summed E-state index contributed by atoms with van der Waals surface area (Å²) in [7, 11) is 0. The van der Waals surface area contributed by atoms with Gasteiger partial charge in [-0.1, -0.05) is 38.1 Å². The lowest BCUT2D eigenvalue weighted by atomic mass is 10.1. The molecule has 0 aliphatic carbocycles. The van der Waals surface area contributed by atoms with Gasteiger partial charge in [-0.25, -0.2) is 4.79 Å². The zero-order chi connectivity index (χ0) is 18.4. The van der Waals surface area contributed by atoms with E-state index in [1.54, 1.807) is 0 Å². The quantitative estimate of drug-likeness (QED) is 0.649. The Bertz CT molecular complexity index is 731. The summed E-state index contributed by atoms with van der Waals surface area (Å²) in [5.41, 5.74) is 0.255. The second-order valence-electron chi connectivity index (χ2n) is 5.82. The summed E-state index contributed by atoms with van der Waals surface area (Å²) in [5, 5.41) is 21.1. The van der Waals surface area contributed by atoms with Gasteiger partial charge in [0.15, 0.2) is 0 Å². The Morgan fingerprint density at radius 2 is 1.76 bits per heavy atom. The van der Waals surface area contributed by atoms with Crippen LogP contribution in [-0.4, -0.2) is 41.6 Å². The third-order valence-corrected chi connectivity index (χ3v) is 4.55. The number of carbonyl (C=O) groups excluding carboxylic acids is 1. The Balaban J connectivity index is 2.42. The Hall–Kier alpha value is -1.63. The number of esters is 1. The first kappa shape index (κ1) is 19.7. The van der Waals surface area contributed by atoms with E-state index in [1.165, 1.54) is 0 Å². The maximum atomic E-state index is 12.6. The fraction of sp³-hybridized carbons (Fsp3) is 0.421. The summed E-state index contributed by atoms with van der Waals surface area (Å²) >= 11 is 3.41. The van der Waals surface area contributed by atoms with Crippen molar-refractivity contribution in [2.24, 2.45) is 0 Å². The molecular formula is C19H23BrO5. The highest BCUT2D eigenvalue weighted by atomic mass is 79.9. The lowest BCUT2D eigenvalue weighted by Gasteiger charge is -2.18. The molecule has 0 aromatic heterocycles. The molecule has 2 aromatic carbocycles. The number of carbonyl (C=O) groups is 1. The van der Waals surface area contributed by atoms with E-state index in [0.717, 1.165) is 10.8 Å². The van der Waals surface area contributed by atoms with Crippen molar-refractivity contribution in [2.75, 3.05) is 13.2 Å².